The minimum absolute atomic E-state index is 0.0648. The number of nitrogens with one attached hydrogen (secondary N) is 3. The van der Waals surface area contributed by atoms with E-state index in [1.807, 2.05) is 5.43 Å². The van der Waals surface area contributed by atoms with E-state index in [0.29, 0.717) is 30.5 Å². The molecule has 2 aromatic rings. The first-order valence-electron chi connectivity index (χ1n) is 7.44. The molecule has 0 saturated carbocycles. The van der Waals surface area contributed by atoms with Crippen LogP contribution in [0.4, 0.5) is 0 Å². The molecule has 0 saturated heterocycles. The number of amides is 3. The molecule has 0 spiro atoms. The highest BCUT2D eigenvalue weighted by Crippen LogP contribution is 2.30. The van der Waals surface area contributed by atoms with Gasteiger partial charge >= 0.3 is 11.8 Å². The zero-order chi connectivity index (χ0) is 17.6. The molecule has 0 bridgehead atoms. The Labute approximate surface area is 142 Å². The first-order valence-corrected chi connectivity index (χ1v) is 7.44. The molecule has 1 aromatic heterocycles. The predicted octanol–water partition coefficient (Wildman–Crippen LogP) is 0.128. The summed E-state index contributed by atoms with van der Waals surface area (Å²) in [5.74, 6) is -1.01. The van der Waals surface area contributed by atoms with E-state index in [1.54, 1.807) is 18.2 Å². The van der Waals surface area contributed by atoms with Gasteiger partial charge in [0, 0.05) is 5.56 Å². The number of carbonyl (C=O) groups excluding carboxylic acids is 3. The largest absolute Gasteiger partial charge is 0.486 e. The number of rotatable bonds is 3. The van der Waals surface area contributed by atoms with Gasteiger partial charge in [0.05, 0.1) is 12.8 Å². The van der Waals surface area contributed by atoms with E-state index in [1.165, 1.54) is 18.4 Å². The van der Waals surface area contributed by atoms with Crippen molar-refractivity contribution in [1.82, 2.24) is 16.2 Å². The molecule has 2 heterocycles. The van der Waals surface area contributed by atoms with Crippen molar-refractivity contribution in [3.63, 3.8) is 0 Å². The number of ether oxygens (including phenoxy) is 2. The number of furan rings is 1. The van der Waals surface area contributed by atoms with E-state index >= 15 is 0 Å². The van der Waals surface area contributed by atoms with Gasteiger partial charge in [-0.2, -0.15) is 0 Å². The first kappa shape index (κ1) is 16.4. The van der Waals surface area contributed by atoms with E-state index in [2.05, 4.69) is 10.7 Å². The molecule has 25 heavy (non-hydrogen) atoms. The minimum Gasteiger partial charge on any atom is -0.486 e. The zero-order valence-electron chi connectivity index (χ0n) is 13.0. The highest BCUT2D eigenvalue weighted by atomic mass is 16.6. The molecule has 3 amide bonds. The summed E-state index contributed by atoms with van der Waals surface area (Å²) >= 11 is 0. The first-order chi connectivity index (χ1) is 12.1. The Morgan fingerprint density at radius 1 is 0.960 bits per heavy atom. The Balaban J connectivity index is 1.49. The lowest BCUT2D eigenvalue weighted by Crippen LogP contribution is -2.48. The summed E-state index contributed by atoms with van der Waals surface area (Å²) in [5.41, 5.74) is 4.45. The average molecular weight is 345 g/mol. The lowest BCUT2D eigenvalue weighted by Gasteiger charge is -2.18. The van der Waals surface area contributed by atoms with Crippen LogP contribution in [0.5, 0.6) is 11.5 Å². The van der Waals surface area contributed by atoms with E-state index in [9.17, 15) is 14.4 Å². The molecule has 0 fully saturated rings. The van der Waals surface area contributed by atoms with Gasteiger partial charge in [0.15, 0.2) is 11.5 Å². The van der Waals surface area contributed by atoms with E-state index in [4.69, 9.17) is 13.9 Å². The van der Waals surface area contributed by atoms with Gasteiger partial charge in [-0.15, -0.1) is 0 Å². The van der Waals surface area contributed by atoms with Crippen molar-refractivity contribution in [3.8, 4) is 11.5 Å². The molecular formula is C16H15N3O6. The monoisotopic (exact) mass is 345 g/mol. The van der Waals surface area contributed by atoms with Crippen LogP contribution in [-0.4, -0.2) is 30.9 Å². The number of hydrazine groups is 1. The molecule has 0 unspecified atom stereocenters. The molecule has 0 atom stereocenters. The van der Waals surface area contributed by atoms with Crippen LogP contribution in [0, 0.1) is 0 Å². The Morgan fingerprint density at radius 2 is 1.76 bits per heavy atom. The van der Waals surface area contributed by atoms with Crippen LogP contribution in [0.25, 0.3) is 0 Å². The predicted molar refractivity (Wildman–Crippen MR) is 83.6 cm³/mol. The fourth-order valence-corrected chi connectivity index (χ4v) is 2.09. The van der Waals surface area contributed by atoms with Gasteiger partial charge in [0.1, 0.15) is 19.0 Å². The highest BCUT2D eigenvalue weighted by molar-refractivity contribution is 6.35. The second-order valence-corrected chi connectivity index (χ2v) is 5.03. The smallest absolute Gasteiger partial charge is 0.327 e. The Hall–Kier alpha value is -3.49. The molecule has 1 aliphatic rings. The fourth-order valence-electron chi connectivity index (χ4n) is 2.09. The number of benzene rings is 1. The molecule has 1 aromatic carbocycles. The fraction of sp³-hybridized carbons (Fsp3) is 0.188. The summed E-state index contributed by atoms with van der Waals surface area (Å²) in [6.45, 7) is 0.904. The van der Waals surface area contributed by atoms with Gasteiger partial charge in [0.2, 0.25) is 0 Å². The van der Waals surface area contributed by atoms with Crippen LogP contribution in [0.1, 0.15) is 16.1 Å². The van der Waals surface area contributed by atoms with Crippen molar-refractivity contribution in [2.75, 3.05) is 13.2 Å². The highest BCUT2D eigenvalue weighted by Gasteiger charge is 2.17. The standard InChI is InChI=1S/C16H15N3O6/c20-14(10-3-4-12-13(8-10)25-7-6-24-12)18-19-16(22)15(21)17-9-11-2-1-5-23-11/h1-5,8H,6-7,9H2,(H,17,21)(H,18,20)(H,19,22). The van der Waals surface area contributed by atoms with Crippen LogP contribution >= 0.6 is 0 Å². The van der Waals surface area contributed by atoms with Gasteiger partial charge < -0.3 is 19.2 Å². The number of hydrogen-bond donors (Lipinski definition) is 3. The van der Waals surface area contributed by atoms with Gasteiger partial charge in [-0.1, -0.05) is 0 Å². The van der Waals surface area contributed by atoms with E-state index < -0.39 is 17.7 Å². The second kappa shape index (κ2) is 7.39. The molecule has 130 valence electrons. The third-order valence-electron chi connectivity index (χ3n) is 3.30. The van der Waals surface area contributed by atoms with Crippen LogP contribution < -0.4 is 25.6 Å². The SMILES string of the molecule is O=C(NCc1ccco1)C(=O)NNC(=O)c1ccc2c(c1)OCCO2. The van der Waals surface area contributed by atoms with Crippen molar-refractivity contribution >= 4 is 17.7 Å². The lowest BCUT2D eigenvalue weighted by molar-refractivity contribution is -0.139. The third-order valence-corrected chi connectivity index (χ3v) is 3.30. The van der Waals surface area contributed by atoms with E-state index in [0.717, 1.165) is 0 Å². The molecule has 9 heteroatoms. The summed E-state index contributed by atoms with van der Waals surface area (Å²) in [6, 6.07) is 7.93. The van der Waals surface area contributed by atoms with Crippen LogP contribution in [0.3, 0.4) is 0 Å². The molecule has 0 aliphatic carbocycles. The van der Waals surface area contributed by atoms with Gasteiger partial charge in [0.25, 0.3) is 5.91 Å². The topological polar surface area (TPSA) is 119 Å². The summed E-state index contributed by atoms with van der Waals surface area (Å²) in [6.07, 6.45) is 1.45. The van der Waals surface area contributed by atoms with Crippen molar-refractivity contribution < 1.29 is 28.3 Å². The van der Waals surface area contributed by atoms with Gasteiger partial charge in [-0.3, -0.25) is 25.2 Å². The summed E-state index contributed by atoms with van der Waals surface area (Å²) in [4.78, 5) is 35.3. The quantitative estimate of drug-likeness (QED) is 0.537. The number of carbonyl (C=O) groups is 3. The maximum atomic E-state index is 12.0. The normalized spacial score (nSPS) is 12.2. The van der Waals surface area contributed by atoms with Crippen molar-refractivity contribution in [1.29, 1.82) is 0 Å². The Morgan fingerprint density at radius 3 is 2.52 bits per heavy atom. The summed E-state index contributed by atoms with van der Waals surface area (Å²) in [5, 5.41) is 2.36. The van der Waals surface area contributed by atoms with Gasteiger partial charge in [-0.25, -0.2) is 0 Å². The molecule has 3 rings (SSSR count). The second-order valence-electron chi connectivity index (χ2n) is 5.03. The lowest BCUT2D eigenvalue weighted by atomic mass is 10.2. The average Bonchev–Trinajstić information content (AvgIpc) is 3.17. The van der Waals surface area contributed by atoms with Crippen molar-refractivity contribution in [3.05, 3.63) is 47.9 Å². The van der Waals surface area contributed by atoms with Crippen molar-refractivity contribution in [2.45, 2.75) is 6.54 Å². The maximum Gasteiger partial charge on any atom is 0.327 e. The number of hydrogen-bond acceptors (Lipinski definition) is 6. The summed E-state index contributed by atoms with van der Waals surface area (Å²) < 4.78 is 15.8. The van der Waals surface area contributed by atoms with E-state index in [-0.39, 0.29) is 12.1 Å². The minimum atomic E-state index is -1.00. The van der Waals surface area contributed by atoms with Crippen LogP contribution in [0.15, 0.2) is 41.0 Å². The Kier molecular flexibility index (Phi) is 4.84. The molecular weight excluding hydrogens is 330 g/mol. The Bertz CT molecular complexity index is 787. The molecule has 1 aliphatic heterocycles. The van der Waals surface area contributed by atoms with Crippen LogP contribution in [0.2, 0.25) is 0 Å². The summed E-state index contributed by atoms with van der Waals surface area (Å²) in [7, 11) is 0. The molecule has 9 nitrogen and oxygen atoms in total. The molecule has 3 N–H and O–H groups in total. The van der Waals surface area contributed by atoms with Gasteiger partial charge in [-0.05, 0) is 30.3 Å². The van der Waals surface area contributed by atoms with Crippen molar-refractivity contribution in [2.24, 2.45) is 0 Å². The maximum absolute atomic E-state index is 12.0. The van der Waals surface area contributed by atoms with Crippen LogP contribution in [-0.2, 0) is 16.1 Å². The zero-order valence-corrected chi connectivity index (χ0v) is 13.0. The molecule has 0 radical (unpaired) electrons. The number of fused-ring (bicyclic) bond motifs is 1. The third kappa shape index (κ3) is 4.08.